The van der Waals surface area contributed by atoms with Crippen LogP contribution in [0.5, 0.6) is 0 Å². The summed E-state index contributed by atoms with van der Waals surface area (Å²) in [5.74, 6) is 0.828. The molecule has 0 unspecified atom stereocenters. The molecule has 3 heterocycles. The maximum Gasteiger partial charge on any atom is 0.170 e. The van der Waals surface area contributed by atoms with Gasteiger partial charge in [-0.1, -0.05) is 55.3 Å². The number of rotatable bonds is 5. The molecule has 1 aromatic heterocycles. The Morgan fingerprint density at radius 2 is 1.90 bits per heavy atom. The summed E-state index contributed by atoms with van der Waals surface area (Å²) >= 11 is 3.63. The van der Waals surface area contributed by atoms with Crippen molar-refractivity contribution >= 4 is 39.0 Å². The van der Waals surface area contributed by atoms with Crippen molar-refractivity contribution in [2.24, 2.45) is 4.99 Å². The molecule has 0 amide bonds. The summed E-state index contributed by atoms with van der Waals surface area (Å²) in [5, 5.41) is 2.16. The van der Waals surface area contributed by atoms with Crippen molar-refractivity contribution < 1.29 is 0 Å². The lowest BCUT2D eigenvalue weighted by Gasteiger charge is -2.31. The van der Waals surface area contributed by atoms with E-state index < -0.39 is 0 Å². The van der Waals surface area contributed by atoms with Gasteiger partial charge in [-0.25, -0.2) is 4.99 Å². The highest BCUT2D eigenvalue weighted by molar-refractivity contribution is 8.14. The molecule has 0 saturated carbocycles. The monoisotopic (exact) mass is 433 g/mol. The van der Waals surface area contributed by atoms with Crippen molar-refractivity contribution in [1.29, 1.82) is 0 Å². The van der Waals surface area contributed by atoms with E-state index in [9.17, 15) is 0 Å². The molecule has 0 spiro atoms. The Hall–Kier alpha value is -2.24. The van der Waals surface area contributed by atoms with Crippen LogP contribution in [0.2, 0.25) is 0 Å². The van der Waals surface area contributed by atoms with E-state index in [0.29, 0.717) is 0 Å². The highest BCUT2D eigenvalue weighted by Crippen LogP contribution is 2.47. The number of benzene rings is 1. The Morgan fingerprint density at radius 3 is 2.63 bits per heavy atom. The average molecular weight is 434 g/mol. The van der Waals surface area contributed by atoms with Gasteiger partial charge in [-0.15, -0.1) is 17.9 Å². The Labute approximate surface area is 187 Å². The molecule has 0 radical (unpaired) electrons. The first-order valence-electron chi connectivity index (χ1n) is 10.6. The van der Waals surface area contributed by atoms with Crippen LogP contribution in [-0.4, -0.2) is 27.3 Å². The summed E-state index contributed by atoms with van der Waals surface area (Å²) in [6.07, 6.45) is 6.85. The Balaban J connectivity index is 1.35. The Bertz CT molecular complexity index is 1040. The molecule has 5 rings (SSSR count). The summed E-state index contributed by atoms with van der Waals surface area (Å²) in [5.41, 5.74) is 7.84. The summed E-state index contributed by atoms with van der Waals surface area (Å²) in [4.78, 5) is 11.2. The maximum atomic E-state index is 5.09. The van der Waals surface area contributed by atoms with Crippen LogP contribution in [0.1, 0.15) is 40.0 Å². The van der Waals surface area contributed by atoms with Crippen LogP contribution >= 0.6 is 23.1 Å². The second-order valence-electron chi connectivity index (χ2n) is 8.11. The van der Waals surface area contributed by atoms with E-state index in [0.717, 1.165) is 53.4 Å². The van der Waals surface area contributed by atoms with Gasteiger partial charge in [0.05, 0.1) is 0 Å². The van der Waals surface area contributed by atoms with Gasteiger partial charge in [0.15, 0.2) is 5.17 Å². The molecular formula is C25H27N3S2. The van der Waals surface area contributed by atoms with Crippen LogP contribution in [0.3, 0.4) is 0 Å². The van der Waals surface area contributed by atoms with E-state index in [1.54, 1.807) is 11.8 Å². The van der Waals surface area contributed by atoms with E-state index in [4.69, 9.17) is 4.99 Å². The first-order chi connectivity index (χ1) is 14.7. The van der Waals surface area contributed by atoms with Gasteiger partial charge in [0.25, 0.3) is 0 Å². The lowest BCUT2D eigenvalue weighted by molar-refractivity contribution is 0.367. The zero-order valence-corrected chi connectivity index (χ0v) is 19.0. The van der Waals surface area contributed by atoms with Crippen molar-refractivity contribution in [2.75, 3.05) is 12.3 Å². The molecule has 3 nitrogen and oxygen atoms in total. The second kappa shape index (κ2) is 8.12. The predicted octanol–water partition coefficient (Wildman–Crippen LogP) is 6.35. The number of thiophene rings is 1. The predicted molar refractivity (Wildman–Crippen MR) is 131 cm³/mol. The minimum atomic E-state index is 0.732. The van der Waals surface area contributed by atoms with Crippen LogP contribution in [0.15, 0.2) is 60.8 Å². The van der Waals surface area contributed by atoms with Gasteiger partial charge in [-0.3, -0.25) is 0 Å². The van der Waals surface area contributed by atoms with E-state index in [-0.39, 0.29) is 0 Å². The van der Waals surface area contributed by atoms with Crippen LogP contribution in [0, 0.1) is 0 Å². The van der Waals surface area contributed by atoms with Crippen LogP contribution < -0.4 is 0 Å². The molecule has 0 fully saturated rings. The normalized spacial score (nSPS) is 17.3. The van der Waals surface area contributed by atoms with Gasteiger partial charge in [0.2, 0.25) is 0 Å². The van der Waals surface area contributed by atoms with Crippen molar-refractivity contribution in [3.05, 3.63) is 82.9 Å². The lowest BCUT2D eigenvalue weighted by atomic mass is 9.94. The minimum absolute atomic E-state index is 0.732. The SMILES string of the molecule is C=CCN1C(=C)c2c(sc3c2CCCC3)N=C1SCC(=C)N1Cc2ccccc2C1. The largest absolute Gasteiger partial charge is 0.366 e. The van der Waals surface area contributed by atoms with Crippen LogP contribution in [-0.2, 0) is 25.9 Å². The van der Waals surface area contributed by atoms with Gasteiger partial charge >= 0.3 is 0 Å². The molecular weight excluding hydrogens is 406 g/mol. The first-order valence-corrected chi connectivity index (χ1v) is 12.4. The lowest BCUT2D eigenvalue weighted by Crippen LogP contribution is -2.30. The number of aryl methyl sites for hydroxylation is 1. The second-order valence-corrected chi connectivity index (χ2v) is 10.1. The zero-order valence-electron chi connectivity index (χ0n) is 17.3. The Kier molecular flexibility index (Phi) is 5.34. The quantitative estimate of drug-likeness (QED) is 0.512. The highest BCUT2D eigenvalue weighted by Gasteiger charge is 2.30. The standard InChI is InChI=1S/C25H27N3S2/c1-4-13-28-18(3)23-21-11-7-8-12-22(21)30-24(23)26-25(28)29-16-17(2)27-14-19-9-5-6-10-20(19)15-27/h4-6,9-10H,1-3,7-8,11-16H2. The number of nitrogens with zero attached hydrogens (tertiary/aromatic N) is 3. The third-order valence-corrected chi connectivity index (χ3v) is 8.40. The highest BCUT2D eigenvalue weighted by atomic mass is 32.2. The fraction of sp³-hybridized carbons (Fsp3) is 0.320. The van der Waals surface area contributed by atoms with Gasteiger partial charge in [-0.2, -0.15) is 0 Å². The number of fused-ring (bicyclic) bond motifs is 4. The van der Waals surface area contributed by atoms with E-state index in [1.807, 2.05) is 17.4 Å². The fourth-order valence-corrected chi connectivity index (χ4v) is 6.86. The molecule has 1 aliphatic carbocycles. The first kappa shape index (κ1) is 19.7. The van der Waals surface area contributed by atoms with E-state index in [2.05, 4.69) is 53.8 Å². The van der Waals surface area contributed by atoms with Crippen molar-refractivity contribution in [3.63, 3.8) is 0 Å². The number of hydrogen-bond acceptors (Lipinski definition) is 5. The molecule has 0 bridgehead atoms. The molecule has 2 aliphatic heterocycles. The smallest absolute Gasteiger partial charge is 0.170 e. The number of amidine groups is 1. The molecule has 154 valence electrons. The van der Waals surface area contributed by atoms with Crippen LogP contribution in [0.4, 0.5) is 5.00 Å². The molecule has 0 atom stereocenters. The molecule has 0 saturated heterocycles. The number of hydrogen-bond donors (Lipinski definition) is 0. The maximum absolute atomic E-state index is 5.09. The average Bonchev–Trinajstić information content (AvgIpc) is 3.35. The van der Waals surface area contributed by atoms with Gasteiger partial charge in [-0.05, 0) is 42.4 Å². The van der Waals surface area contributed by atoms with E-state index >= 15 is 0 Å². The van der Waals surface area contributed by atoms with Crippen molar-refractivity contribution in [3.8, 4) is 0 Å². The third kappa shape index (κ3) is 3.44. The molecule has 1 aromatic carbocycles. The number of thioether (sulfide) groups is 1. The van der Waals surface area contributed by atoms with Gasteiger partial charge in [0, 0.05) is 47.2 Å². The van der Waals surface area contributed by atoms with Crippen LogP contribution in [0.25, 0.3) is 5.70 Å². The number of aliphatic imine (C=N–C) groups is 1. The van der Waals surface area contributed by atoms with Gasteiger partial charge < -0.3 is 9.80 Å². The summed E-state index contributed by atoms with van der Waals surface area (Å²) in [6.45, 7) is 15.5. The Morgan fingerprint density at radius 1 is 1.17 bits per heavy atom. The fourth-order valence-electron chi connectivity index (χ4n) is 4.55. The molecule has 0 N–H and O–H groups in total. The molecule has 30 heavy (non-hydrogen) atoms. The molecule has 2 aromatic rings. The van der Waals surface area contributed by atoms with Crippen molar-refractivity contribution in [1.82, 2.24) is 9.80 Å². The summed E-state index contributed by atoms with van der Waals surface area (Å²) in [6, 6.07) is 8.68. The summed E-state index contributed by atoms with van der Waals surface area (Å²) in [7, 11) is 0. The molecule has 3 aliphatic rings. The van der Waals surface area contributed by atoms with Gasteiger partial charge in [0.1, 0.15) is 5.00 Å². The molecule has 5 heteroatoms. The van der Waals surface area contributed by atoms with E-state index in [1.165, 1.54) is 46.4 Å². The minimum Gasteiger partial charge on any atom is -0.366 e. The summed E-state index contributed by atoms with van der Waals surface area (Å²) < 4.78 is 0. The topological polar surface area (TPSA) is 18.8 Å². The third-order valence-electron chi connectivity index (χ3n) is 6.16. The zero-order chi connectivity index (χ0) is 20.7. The van der Waals surface area contributed by atoms with Crippen molar-refractivity contribution in [2.45, 2.75) is 38.8 Å².